The molecule has 0 aliphatic rings. The summed E-state index contributed by atoms with van der Waals surface area (Å²) in [7, 11) is 0. The quantitative estimate of drug-likeness (QED) is 0.582. The summed E-state index contributed by atoms with van der Waals surface area (Å²) >= 11 is 4.96. The highest BCUT2D eigenvalue weighted by Gasteiger charge is 2.34. The number of hydrogen-bond acceptors (Lipinski definition) is 3. The minimum Gasteiger partial charge on any atom is -0.147 e. The lowest BCUT2D eigenvalue weighted by atomic mass is 11.2. The average molecular weight is 172 g/mol. The van der Waals surface area contributed by atoms with Crippen LogP contribution in [-0.4, -0.2) is 20.2 Å². The molecule has 1 aromatic rings. The van der Waals surface area contributed by atoms with Crippen molar-refractivity contribution >= 4 is 11.6 Å². The maximum atomic E-state index is 11.5. The highest BCUT2D eigenvalue weighted by molar-refractivity contribution is 6.28. The number of aromatic nitrogens is 4. The third-order valence-electron chi connectivity index (χ3n) is 0.616. The van der Waals surface area contributed by atoms with E-state index in [0.29, 0.717) is 0 Å². The summed E-state index contributed by atoms with van der Waals surface area (Å²) in [6.07, 6.45) is -4.64. The molecular formula is C2ClF3N4. The SMILES string of the molecule is FC(F)(F)n1nnc(Cl)n1. The molecule has 10 heavy (non-hydrogen) atoms. The molecule has 4 nitrogen and oxygen atoms in total. The summed E-state index contributed by atoms with van der Waals surface area (Å²) in [5, 5.41) is 7.60. The van der Waals surface area contributed by atoms with Crippen LogP contribution < -0.4 is 0 Å². The first-order valence-electron chi connectivity index (χ1n) is 2.03. The molecule has 0 bridgehead atoms. The molecule has 0 N–H and O–H groups in total. The molecule has 1 heterocycles. The lowest BCUT2D eigenvalue weighted by molar-refractivity contribution is -0.222. The Kier molecular flexibility index (Phi) is 1.51. The van der Waals surface area contributed by atoms with Crippen LogP contribution in [-0.2, 0) is 6.30 Å². The number of nitrogens with zero attached hydrogens (tertiary/aromatic N) is 4. The Bertz CT molecular complexity index is 229. The smallest absolute Gasteiger partial charge is 0.147 e. The second kappa shape index (κ2) is 2.08. The first kappa shape index (κ1) is 7.26. The predicted octanol–water partition coefficient (Wildman–Crippen LogP) is 0.803. The lowest BCUT2D eigenvalue weighted by Crippen LogP contribution is -2.19. The molecule has 0 unspecified atom stereocenters. The highest BCUT2D eigenvalue weighted by atomic mass is 35.5. The molecule has 0 saturated carbocycles. The van der Waals surface area contributed by atoms with Gasteiger partial charge in [-0.2, -0.15) is 0 Å². The molecule has 0 radical (unpaired) electrons. The molecule has 0 aliphatic heterocycles. The van der Waals surface area contributed by atoms with Gasteiger partial charge in [-0.15, -0.1) is 18.3 Å². The second-order valence-corrected chi connectivity index (χ2v) is 1.65. The van der Waals surface area contributed by atoms with Crippen LogP contribution >= 0.6 is 11.6 Å². The van der Waals surface area contributed by atoms with E-state index < -0.39 is 16.4 Å². The van der Waals surface area contributed by atoms with E-state index in [1.165, 1.54) is 0 Å². The molecule has 0 aromatic carbocycles. The van der Waals surface area contributed by atoms with Crippen molar-refractivity contribution < 1.29 is 13.2 Å². The Morgan fingerprint density at radius 2 is 2.00 bits per heavy atom. The van der Waals surface area contributed by atoms with Crippen LogP contribution in [0.1, 0.15) is 0 Å². The topological polar surface area (TPSA) is 43.6 Å². The molecule has 8 heteroatoms. The van der Waals surface area contributed by atoms with Gasteiger partial charge in [-0.05, 0) is 16.8 Å². The van der Waals surface area contributed by atoms with E-state index in [0.717, 1.165) is 0 Å². The van der Waals surface area contributed by atoms with Gasteiger partial charge in [-0.3, -0.25) is 0 Å². The summed E-state index contributed by atoms with van der Waals surface area (Å²) in [4.78, 5) is -0.519. The van der Waals surface area contributed by atoms with Crippen molar-refractivity contribution in [2.24, 2.45) is 0 Å². The van der Waals surface area contributed by atoms with Crippen molar-refractivity contribution in [1.29, 1.82) is 0 Å². The zero-order valence-corrected chi connectivity index (χ0v) is 5.06. The normalized spacial score (nSPS) is 12.0. The van der Waals surface area contributed by atoms with Crippen LogP contribution in [0.25, 0.3) is 0 Å². The average Bonchev–Trinajstić information content (AvgIpc) is 2.11. The number of halogens is 4. The summed E-state index contributed by atoms with van der Waals surface area (Å²) < 4.78 is 34.6. The van der Waals surface area contributed by atoms with E-state index in [1.54, 1.807) is 0 Å². The van der Waals surface area contributed by atoms with Crippen LogP contribution in [0.3, 0.4) is 0 Å². The Labute approximate surface area is 57.6 Å². The van der Waals surface area contributed by atoms with E-state index in [2.05, 4.69) is 15.4 Å². The van der Waals surface area contributed by atoms with Crippen molar-refractivity contribution in [3.05, 3.63) is 5.28 Å². The zero-order chi connectivity index (χ0) is 7.78. The second-order valence-electron chi connectivity index (χ2n) is 1.32. The summed E-state index contributed by atoms with van der Waals surface area (Å²) in [5.41, 5.74) is 0. The third-order valence-corrected chi connectivity index (χ3v) is 0.767. The molecule has 1 aromatic heterocycles. The van der Waals surface area contributed by atoms with Crippen molar-refractivity contribution in [2.45, 2.75) is 6.30 Å². The van der Waals surface area contributed by atoms with Crippen molar-refractivity contribution in [3.8, 4) is 0 Å². The van der Waals surface area contributed by atoms with Gasteiger partial charge in [0.1, 0.15) is 0 Å². The van der Waals surface area contributed by atoms with Gasteiger partial charge in [0, 0.05) is 0 Å². The molecule has 0 aliphatic carbocycles. The Morgan fingerprint density at radius 3 is 2.20 bits per heavy atom. The van der Waals surface area contributed by atoms with Gasteiger partial charge in [0.05, 0.1) is 0 Å². The largest absolute Gasteiger partial charge is 0.522 e. The molecule has 0 atom stereocenters. The van der Waals surface area contributed by atoms with Crippen molar-refractivity contribution in [2.75, 3.05) is 0 Å². The first-order chi connectivity index (χ1) is 4.50. The zero-order valence-electron chi connectivity index (χ0n) is 4.30. The fourth-order valence-electron chi connectivity index (χ4n) is 0.305. The minimum atomic E-state index is -4.64. The van der Waals surface area contributed by atoms with Crippen LogP contribution in [0.2, 0.25) is 5.28 Å². The Balaban J connectivity index is 2.96. The summed E-state index contributed by atoms with van der Waals surface area (Å²) in [5.74, 6) is 0. The van der Waals surface area contributed by atoms with E-state index in [4.69, 9.17) is 11.6 Å². The van der Waals surface area contributed by atoms with Crippen LogP contribution in [0.4, 0.5) is 13.2 Å². The first-order valence-corrected chi connectivity index (χ1v) is 2.40. The molecule has 0 fully saturated rings. The minimum absolute atomic E-state index is 0.519. The van der Waals surface area contributed by atoms with E-state index >= 15 is 0 Å². The highest BCUT2D eigenvalue weighted by Crippen LogP contribution is 2.18. The third kappa shape index (κ3) is 1.35. The van der Waals surface area contributed by atoms with E-state index in [-0.39, 0.29) is 0 Å². The van der Waals surface area contributed by atoms with Crippen molar-refractivity contribution in [3.63, 3.8) is 0 Å². The van der Waals surface area contributed by atoms with E-state index in [9.17, 15) is 13.2 Å². The lowest BCUT2D eigenvalue weighted by Gasteiger charge is -1.99. The van der Waals surface area contributed by atoms with Crippen LogP contribution in [0.15, 0.2) is 0 Å². The predicted molar refractivity (Wildman–Crippen MR) is 24.1 cm³/mol. The number of rotatable bonds is 0. The summed E-state index contributed by atoms with van der Waals surface area (Å²) in [6, 6.07) is 0. The Morgan fingerprint density at radius 1 is 1.40 bits per heavy atom. The molecule has 0 saturated heterocycles. The van der Waals surface area contributed by atoms with Gasteiger partial charge >= 0.3 is 6.30 Å². The number of tetrazole rings is 1. The van der Waals surface area contributed by atoms with Gasteiger partial charge < -0.3 is 0 Å². The van der Waals surface area contributed by atoms with Gasteiger partial charge in [-0.1, -0.05) is 9.90 Å². The summed E-state index contributed by atoms with van der Waals surface area (Å²) in [6.45, 7) is 0. The molecule has 0 spiro atoms. The van der Waals surface area contributed by atoms with Gasteiger partial charge in [0.25, 0.3) is 5.28 Å². The number of hydrogen-bond donors (Lipinski definition) is 0. The number of alkyl halides is 3. The fraction of sp³-hybridized carbons (Fsp3) is 0.500. The van der Waals surface area contributed by atoms with Crippen molar-refractivity contribution in [1.82, 2.24) is 20.2 Å². The molecule has 1 rings (SSSR count). The van der Waals surface area contributed by atoms with Gasteiger partial charge in [-0.25, -0.2) is 0 Å². The van der Waals surface area contributed by atoms with Gasteiger partial charge in [0.2, 0.25) is 0 Å². The maximum absolute atomic E-state index is 11.5. The molecule has 0 amide bonds. The van der Waals surface area contributed by atoms with E-state index in [1.807, 2.05) is 0 Å². The standard InChI is InChI=1S/C2ClF3N4/c3-1-7-9-10(8-1)2(4,5)6. The Hall–Kier alpha value is -0.850. The van der Waals surface area contributed by atoms with Crippen LogP contribution in [0.5, 0.6) is 0 Å². The fourth-order valence-corrected chi connectivity index (χ4v) is 0.410. The van der Waals surface area contributed by atoms with Gasteiger partial charge in [0.15, 0.2) is 0 Å². The van der Waals surface area contributed by atoms with Crippen LogP contribution in [0, 0.1) is 0 Å². The maximum Gasteiger partial charge on any atom is 0.522 e. The molecular weight excluding hydrogens is 172 g/mol. The molecule has 56 valence electrons. The monoisotopic (exact) mass is 172 g/mol.